The summed E-state index contributed by atoms with van der Waals surface area (Å²) in [7, 11) is 0. The number of hydrogen-bond donors (Lipinski definition) is 2. The Hall–Kier alpha value is -3.28. The molecule has 0 unspecified atom stereocenters. The number of aromatic hydroxyl groups is 1. The average molecular weight is 438 g/mol. The molecule has 0 spiro atoms. The number of nitrogens with two attached hydrogens (primary N) is 1. The first-order chi connectivity index (χ1) is 14.5. The fourth-order valence-corrected chi connectivity index (χ4v) is 3.24. The van der Waals surface area contributed by atoms with Crippen molar-refractivity contribution >= 4 is 29.2 Å². The van der Waals surface area contributed by atoms with E-state index < -0.39 is 0 Å². The number of nitrogens with zero attached hydrogens (tertiary/aromatic N) is 2. The van der Waals surface area contributed by atoms with E-state index in [1.165, 1.54) is 0 Å². The van der Waals surface area contributed by atoms with Gasteiger partial charge in [0.2, 0.25) is 5.95 Å². The Kier molecular flexibility index (Phi) is 5.74. The third kappa shape index (κ3) is 4.48. The van der Waals surface area contributed by atoms with Crippen molar-refractivity contribution in [2.24, 2.45) is 0 Å². The summed E-state index contributed by atoms with van der Waals surface area (Å²) in [6, 6.07) is 19.7. The molecule has 1 aromatic heterocycles. The first-order valence-electron chi connectivity index (χ1n) is 9.09. The van der Waals surface area contributed by atoms with E-state index in [0.717, 1.165) is 16.7 Å². The van der Waals surface area contributed by atoms with Crippen LogP contribution in [0.5, 0.6) is 11.5 Å². The summed E-state index contributed by atoms with van der Waals surface area (Å²) < 4.78 is 5.78. The Morgan fingerprint density at radius 1 is 0.867 bits per heavy atom. The minimum Gasteiger partial charge on any atom is -0.507 e. The molecule has 3 N–H and O–H groups in total. The van der Waals surface area contributed by atoms with Crippen LogP contribution in [0.15, 0.2) is 72.9 Å². The molecule has 7 heteroatoms. The van der Waals surface area contributed by atoms with E-state index in [1.54, 1.807) is 48.7 Å². The maximum atomic E-state index is 10.7. The van der Waals surface area contributed by atoms with E-state index in [9.17, 15) is 5.11 Å². The van der Waals surface area contributed by atoms with Gasteiger partial charge < -0.3 is 15.6 Å². The highest BCUT2D eigenvalue weighted by Crippen LogP contribution is 2.37. The maximum absolute atomic E-state index is 10.7. The van der Waals surface area contributed by atoms with Crippen LogP contribution in [0.1, 0.15) is 5.56 Å². The van der Waals surface area contributed by atoms with E-state index in [-0.39, 0.29) is 11.7 Å². The summed E-state index contributed by atoms with van der Waals surface area (Å²) in [4.78, 5) is 8.45. The van der Waals surface area contributed by atoms with Gasteiger partial charge in [0.15, 0.2) is 0 Å². The molecule has 0 saturated heterocycles. The quantitative estimate of drug-likeness (QED) is 0.400. The van der Waals surface area contributed by atoms with Crippen molar-refractivity contribution in [2.45, 2.75) is 6.61 Å². The number of aromatic nitrogens is 2. The van der Waals surface area contributed by atoms with Crippen LogP contribution >= 0.6 is 23.2 Å². The van der Waals surface area contributed by atoms with Gasteiger partial charge in [-0.2, -0.15) is 0 Å². The molecule has 0 fully saturated rings. The van der Waals surface area contributed by atoms with Crippen molar-refractivity contribution in [1.82, 2.24) is 9.97 Å². The lowest BCUT2D eigenvalue weighted by Gasteiger charge is -2.13. The predicted molar refractivity (Wildman–Crippen MR) is 120 cm³/mol. The zero-order chi connectivity index (χ0) is 21.1. The number of nitrogen functional groups attached to an aromatic ring is 1. The van der Waals surface area contributed by atoms with E-state index in [0.29, 0.717) is 33.7 Å². The molecular formula is C23H17Cl2N3O2. The molecule has 0 bridgehead atoms. The predicted octanol–water partition coefficient (Wildman–Crippen LogP) is 5.98. The van der Waals surface area contributed by atoms with Crippen LogP contribution in [0.3, 0.4) is 0 Å². The number of rotatable bonds is 5. The lowest BCUT2D eigenvalue weighted by Crippen LogP contribution is -1.99. The highest BCUT2D eigenvalue weighted by atomic mass is 35.5. The van der Waals surface area contributed by atoms with Crippen molar-refractivity contribution in [2.75, 3.05) is 5.73 Å². The van der Waals surface area contributed by atoms with Gasteiger partial charge in [0.1, 0.15) is 18.1 Å². The van der Waals surface area contributed by atoms with Crippen LogP contribution in [-0.4, -0.2) is 15.1 Å². The Labute approximate surface area is 183 Å². The first kappa shape index (κ1) is 20.0. The Morgan fingerprint density at radius 3 is 2.20 bits per heavy atom. The number of anilines is 1. The van der Waals surface area contributed by atoms with Gasteiger partial charge in [-0.3, -0.25) is 0 Å². The van der Waals surface area contributed by atoms with Crippen molar-refractivity contribution in [1.29, 1.82) is 0 Å². The van der Waals surface area contributed by atoms with Crippen LogP contribution in [0.2, 0.25) is 10.0 Å². The number of ether oxygens (including phenoxy) is 1. The number of phenols is 1. The summed E-state index contributed by atoms with van der Waals surface area (Å²) in [6.45, 7) is 0.354. The number of halogens is 2. The summed E-state index contributed by atoms with van der Waals surface area (Å²) in [5.74, 6) is 0.670. The third-order valence-corrected chi connectivity index (χ3v) is 5.01. The van der Waals surface area contributed by atoms with Gasteiger partial charge in [-0.05, 0) is 47.5 Å². The number of phenolic OH excluding ortho intramolecular Hbond substituents is 1. The SMILES string of the molecule is Nc1ncc(-c2ccc(Cl)cc2)c(-c2ccc(OCc3ccc(Cl)cc3)cc2O)n1. The second kappa shape index (κ2) is 8.61. The van der Waals surface area contributed by atoms with Crippen molar-refractivity contribution in [3.8, 4) is 33.9 Å². The Bertz CT molecular complexity index is 1180. The summed E-state index contributed by atoms with van der Waals surface area (Å²) in [6.07, 6.45) is 1.63. The van der Waals surface area contributed by atoms with Gasteiger partial charge >= 0.3 is 0 Å². The molecule has 1 heterocycles. The fourth-order valence-electron chi connectivity index (χ4n) is 2.99. The van der Waals surface area contributed by atoms with E-state index in [1.807, 2.05) is 24.3 Å². The lowest BCUT2D eigenvalue weighted by atomic mass is 10.00. The second-order valence-corrected chi connectivity index (χ2v) is 7.46. The topological polar surface area (TPSA) is 81.3 Å². The van der Waals surface area contributed by atoms with Crippen LogP contribution in [-0.2, 0) is 6.61 Å². The molecule has 150 valence electrons. The fraction of sp³-hybridized carbons (Fsp3) is 0.0435. The largest absolute Gasteiger partial charge is 0.507 e. The van der Waals surface area contributed by atoms with Crippen molar-refractivity contribution < 1.29 is 9.84 Å². The van der Waals surface area contributed by atoms with Gasteiger partial charge in [-0.25, -0.2) is 9.97 Å². The van der Waals surface area contributed by atoms with Crippen molar-refractivity contribution in [3.63, 3.8) is 0 Å². The maximum Gasteiger partial charge on any atom is 0.220 e. The molecule has 0 aliphatic rings. The second-order valence-electron chi connectivity index (χ2n) is 6.59. The third-order valence-electron chi connectivity index (χ3n) is 4.51. The van der Waals surface area contributed by atoms with Gasteiger partial charge in [-0.1, -0.05) is 47.5 Å². The number of hydrogen-bond acceptors (Lipinski definition) is 5. The zero-order valence-corrected chi connectivity index (χ0v) is 17.2. The molecular weight excluding hydrogens is 421 g/mol. The summed E-state index contributed by atoms with van der Waals surface area (Å²) in [5, 5.41) is 12.0. The molecule has 4 rings (SSSR count). The van der Waals surface area contributed by atoms with Gasteiger partial charge in [0, 0.05) is 33.4 Å². The van der Waals surface area contributed by atoms with Crippen molar-refractivity contribution in [3.05, 3.63) is 88.5 Å². The van der Waals surface area contributed by atoms with Gasteiger partial charge in [0.25, 0.3) is 0 Å². The van der Waals surface area contributed by atoms with Crippen LogP contribution in [0, 0.1) is 0 Å². The van der Waals surface area contributed by atoms with Gasteiger partial charge in [0.05, 0.1) is 5.69 Å². The van der Waals surface area contributed by atoms with Gasteiger partial charge in [-0.15, -0.1) is 0 Å². The number of benzene rings is 3. The molecule has 30 heavy (non-hydrogen) atoms. The molecule has 0 radical (unpaired) electrons. The molecule has 0 aliphatic heterocycles. The minimum atomic E-state index is 0.0249. The molecule has 0 amide bonds. The Morgan fingerprint density at radius 2 is 1.53 bits per heavy atom. The van der Waals surface area contributed by atoms with E-state index in [4.69, 9.17) is 33.7 Å². The van der Waals surface area contributed by atoms with Crippen LogP contribution in [0.25, 0.3) is 22.4 Å². The molecule has 0 saturated carbocycles. The highest BCUT2D eigenvalue weighted by Gasteiger charge is 2.15. The molecule has 0 atom stereocenters. The lowest BCUT2D eigenvalue weighted by molar-refractivity contribution is 0.304. The normalized spacial score (nSPS) is 10.7. The molecule has 4 aromatic rings. The standard InChI is InChI=1S/C23H17Cl2N3O2/c24-16-5-1-14(2-6-16)13-30-18-9-10-19(21(29)11-18)22-20(12-27-23(26)28-22)15-3-7-17(25)8-4-15/h1-12,29H,13H2,(H2,26,27,28). The zero-order valence-electron chi connectivity index (χ0n) is 15.7. The molecule has 5 nitrogen and oxygen atoms in total. The summed E-state index contributed by atoms with van der Waals surface area (Å²) >= 11 is 11.9. The smallest absolute Gasteiger partial charge is 0.220 e. The van der Waals surface area contributed by atoms with E-state index >= 15 is 0 Å². The average Bonchev–Trinajstić information content (AvgIpc) is 2.74. The molecule has 3 aromatic carbocycles. The molecule has 0 aliphatic carbocycles. The van der Waals surface area contributed by atoms with Crippen LogP contribution < -0.4 is 10.5 Å². The monoisotopic (exact) mass is 437 g/mol. The van der Waals surface area contributed by atoms with E-state index in [2.05, 4.69) is 9.97 Å². The summed E-state index contributed by atoms with van der Waals surface area (Å²) in [5.41, 5.74) is 9.41. The highest BCUT2D eigenvalue weighted by molar-refractivity contribution is 6.30. The minimum absolute atomic E-state index is 0.0249. The Balaban J connectivity index is 1.63. The van der Waals surface area contributed by atoms with Crippen LogP contribution in [0.4, 0.5) is 5.95 Å². The first-order valence-corrected chi connectivity index (χ1v) is 9.84.